The molecule has 0 aliphatic heterocycles. The van der Waals surface area contributed by atoms with Gasteiger partial charge in [-0.3, -0.25) is 10.1 Å². The van der Waals surface area contributed by atoms with Crippen molar-refractivity contribution in [1.29, 1.82) is 0 Å². The second-order valence-corrected chi connectivity index (χ2v) is 5.41. The summed E-state index contributed by atoms with van der Waals surface area (Å²) in [4.78, 5) is 10.2. The average Bonchev–Trinajstić information content (AvgIpc) is 2.54. The Labute approximate surface area is 134 Å². The molecule has 2 aromatic carbocycles. The van der Waals surface area contributed by atoms with Crippen molar-refractivity contribution in [2.75, 3.05) is 0 Å². The molecular formula is C17H17ClN2O2. The second kappa shape index (κ2) is 7.73. The number of non-ortho nitro benzene ring substituents is 1. The van der Waals surface area contributed by atoms with Gasteiger partial charge in [0.15, 0.2) is 0 Å². The third-order valence-electron chi connectivity index (χ3n) is 3.32. The summed E-state index contributed by atoms with van der Waals surface area (Å²) in [6.45, 7) is 0. The molecule has 0 aromatic heterocycles. The van der Waals surface area contributed by atoms with Crippen molar-refractivity contribution in [3.05, 3.63) is 81.9 Å². The molecule has 4 nitrogen and oxygen atoms in total. The minimum absolute atomic E-state index is 0.0431. The van der Waals surface area contributed by atoms with E-state index in [1.807, 2.05) is 18.2 Å². The van der Waals surface area contributed by atoms with E-state index in [0.717, 1.165) is 18.4 Å². The largest absolute Gasteiger partial charge is 0.324 e. The fourth-order valence-electron chi connectivity index (χ4n) is 2.09. The number of benzene rings is 2. The van der Waals surface area contributed by atoms with Gasteiger partial charge >= 0.3 is 0 Å². The highest BCUT2D eigenvalue weighted by molar-refractivity contribution is 6.48. The van der Waals surface area contributed by atoms with Crippen molar-refractivity contribution in [3.8, 4) is 0 Å². The summed E-state index contributed by atoms with van der Waals surface area (Å²) in [6.07, 6.45) is 3.45. The van der Waals surface area contributed by atoms with Crippen LogP contribution < -0.4 is 5.73 Å². The summed E-state index contributed by atoms with van der Waals surface area (Å²) in [7, 11) is 0. The highest BCUT2D eigenvalue weighted by Crippen LogP contribution is 2.22. The predicted octanol–water partition coefficient (Wildman–Crippen LogP) is 4.13. The Balaban J connectivity index is 1.97. The molecule has 0 saturated carbocycles. The molecular weight excluding hydrogens is 300 g/mol. The van der Waals surface area contributed by atoms with E-state index < -0.39 is 4.92 Å². The molecule has 0 aliphatic rings. The maximum absolute atomic E-state index is 10.6. The van der Waals surface area contributed by atoms with Crippen LogP contribution in [0, 0.1) is 10.1 Å². The molecule has 114 valence electrons. The Bertz CT molecular complexity index is 654. The Morgan fingerprint density at radius 3 is 2.41 bits per heavy atom. The minimum atomic E-state index is -0.438. The second-order valence-electron chi connectivity index (χ2n) is 5.01. The Morgan fingerprint density at radius 1 is 1.18 bits per heavy atom. The lowest BCUT2D eigenvalue weighted by Crippen LogP contribution is -2.17. The summed E-state index contributed by atoms with van der Waals surface area (Å²) in [6, 6.07) is 16.1. The number of nitrogens with zero attached hydrogens (tertiary/aromatic N) is 1. The molecule has 5 heteroatoms. The number of aryl methyl sites for hydroxylation is 1. The predicted molar refractivity (Wildman–Crippen MR) is 89.7 cm³/mol. The van der Waals surface area contributed by atoms with E-state index in [1.54, 1.807) is 18.2 Å². The Morgan fingerprint density at radius 2 is 1.82 bits per heavy atom. The highest BCUT2D eigenvalue weighted by Gasteiger charge is 2.07. The van der Waals surface area contributed by atoms with Gasteiger partial charge < -0.3 is 5.73 Å². The molecule has 22 heavy (non-hydrogen) atoms. The molecule has 2 N–H and O–H groups in total. The number of rotatable bonds is 6. The van der Waals surface area contributed by atoms with Gasteiger partial charge in [0.1, 0.15) is 0 Å². The number of halogens is 1. The van der Waals surface area contributed by atoms with E-state index in [9.17, 15) is 10.1 Å². The van der Waals surface area contributed by atoms with Crippen LogP contribution in [0.1, 0.15) is 17.5 Å². The van der Waals surface area contributed by atoms with Crippen molar-refractivity contribution in [2.45, 2.75) is 18.9 Å². The molecule has 0 heterocycles. The average molecular weight is 317 g/mol. The summed E-state index contributed by atoms with van der Waals surface area (Å²) < 4.78 is 0. The van der Waals surface area contributed by atoms with Crippen LogP contribution >= 0.6 is 11.6 Å². The molecule has 2 aromatic rings. The first-order chi connectivity index (χ1) is 10.6. The van der Waals surface area contributed by atoms with Crippen LogP contribution in [0.4, 0.5) is 5.69 Å². The summed E-state index contributed by atoms with van der Waals surface area (Å²) in [5.41, 5.74) is 8.07. The van der Waals surface area contributed by atoms with E-state index in [-0.39, 0.29) is 11.7 Å². The van der Waals surface area contributed by atoms with Crippen molar-refractivity contribution in [3.63, 3.8) is 0 Å². The zero-order valence-electron chi connectivity index (χ0n) is 12.0. The van der Waals surface area contributed by atoms with E-state index >= 15 is 0 Å². The number of hydrogen-bond acceptors (Lipinski definition) is 3. The van der Waals surface area contributed by atoms with Crippen molar-refractivity contribution < 1.29 is 4.92 Å². The normalized spacial score (nSPS) is 12.9. The Hall–Kier alpha value is -2.17. The fraction of sp³-hybridized carbons (Fsp3) is 0.176. The summed E-state index contributed by atoms with van der Waals surface area (Å²) in [5, 5.41) is 11.1. The zero-order chi connectivity index (χ0) is 15.9. The van der Waals surface area contributed by atoms with Gasteiger partial charge in [0.25, 0.3) is 5.69 Å². The fourth-order valence-corrected chi connectivity index (χ4v) is 2.38. The van der Waals surface area contributed by atoms with E-state index in [1.165, 1.54) is 17.7 Å². The van der Waals surface area contributed by atoms with Gasteiger partial charge in [0.2, 0.25) is 0 Å². The lowest BCUT2D eigenvalue weighted by atomic mass is 10.0. The first kappa shape index (κ1) is 16.2. The molecule has 2 rings (SSSR count). The quantitative estimate of drug-likeness (QED) is 0.643. The minimum Gasteiger partial charge on any atom is -0.324 e. The topological polar surface area (TPSA) is 69.2 Å². The maximum Gasteiger partial charge on any atom is 0.269 e. The van der Waals surface area contributed by atoms with Crippen molar-refractivity contribution in [2.24, 2.45) is 5.73 Å². The number of hydrogen-bond donors (Lipinski definition) is 1. The first-order valence-corrected chi connectivity index (χ1v) is 7.35. The lowest BCUT2D eigenvalue weighted by Gasteiger charge is -2.08. The molecule has 1 atom stereocenters. The van der Waals surface area contributed by atoms with Crippen molar-refractivity contribution >= 4 is 22.3 Å². The standard InChI is InChI=1S/C17H17ClN2O2/c18-17(14-7-10-16(11-8-14)20(21)22)12-15(19)9-6-13-4-2-1-3-5-13/h1-5,7-8,10-12,15H,6,9,19H2/b17-12-/t15-/m0/s1. The van der Waals surface area contributed by atoms with Crippen LogP contribution in [0.3, 0.4) is 0 Å². The van der Waals surface area contributed by atoms with Gasteiger partial charge in [-0.2, -0.15) is 0 Å². The molecule has 0 spiro atoms. The van der Waals surface area contributed by atoms with Gasteiger partial charge in [-0.15, -0.1) is 0 Å². The highest BCUT2D eigenvalue weighted by atomic mass is 35.5. The first-order valence-electron chi connectivity index (χ1n) is 6.98. The summed E-state index contributed by atoms with van der Waals surface area (Å²) in [5.74, 6) is 0. The number of nitro benzene ring substituents is 1. The van der Waals surface area contributed by atoms with Gasteiger partial charge in [0.05, 0.1) is 4.92 Å². The summed E-state index contributed by atoms with van der Waals surface area (Å²) >= 11 is 6.23. The zero-order valence-corrected chi connectivity index (χ0v) is 12.7. The van der Waals surface area contributed by atoms with Crippen LogP contribution in [-0.4, -0.2) is 11.0 Å². The Kier molecular flexibility index (Phi) is 5.69. The smallest absolute Gasteiger partial charge is 0.269 e. The van der Waals surface area contributed by atoms with E-state index in [0.29, 0.717) is 5.03 Å². The molecule has 0 unspecified atom stereocenters. The monoisotopic (exact) mass is 316 g/mol. The van der Waals surface area contributed by atoms with E-state index in [4.69, 9.17) is 17.3 Å². The molecule has 0 amide bonds. The molecule has 0 fully saturated rings. The van der Waals surface area contributed by atoms with Crippen molar-refractivity contribution in [1.82, 2.24) is 0 Å². The van der Waals surface area contributed by atoms with Crippen LogP contribution in [0.25, 0.3) is 5.03 Å². The van der Waals surface area contributed by atoms with E-state index in [2.05, 4.69) is 12.1 Å². The third-order valence-corrected chi connectivity index (χ3v) is 3.67. The molecule has 0 bridgehead atoms. The number of nitro groups is 1. The molecule has 0 aliphatic carbocycles. The maximum atomic E-state index is 10.6. The van der Waals surface area contributed by atoms with Crippen LogP contribution in [0.2, 0.25) is 0 Å². The van der Waals surface area contributed by atoms with Gasteiger partial charge in [0, 0.05) is 23.2 Å². The van der Waals surface area contributed by atoms with Gasteiger partial charge in [-0.25, -0.2) is 0 Å². The van der Waals surface area contributed by atoms with Crippen LogP contribution in [0.5, 0.6) is 0 Å². The van der Waals surface area contributed by atoms with Crippen LogP contribution in [0.15, 0.2) is 60.7 Å². The van der Waals surface area contributed by atoms with Gasteiger partial charge in [-0.05, 0) is 42.2 Å². The number of nitrogens with two attached hydrogens (primary N) is 1. The lowest BCUT2D eigenvalue weighted by molar-refractivity contribution is -0.384. The molecule has 0 saturated heterocycles. The SMILES string of the molecule is N[C@H](/C=C(\Cl)c1ccc([N+](=O)[O-])cc1)CCc1ccccc1. The third kappa shape index (κ3) is 4.69. The molecule has 0 radical (unpaired) electrons. The van der Waals surface area contributed by atoms with Gasteiger partial charge in [-0.1, -0.05) is 41.9 Å². The van der Waals surface area contributed by atoms with Crippen LogP contribution in [-0.2, 0) is 6.42 Å².